The predicted octanol–water partition coefficient (Wildman–Crippen LogP) is 3.90. The molecule has 1 amide bonds. The van der Waals surface area contributed by atoms with Crippen molar-refractivity contribution in [3.63, 3.8) is 0 Å². The molecule has 1 N–H and O–H groups in total. The van der Waals surface area contributed by atoms with Gasteiger partial charge < -0.3 is 5.32 Å². The van der Waals surface area contributed by atoms with Gasteiger partial charge in [0.05, 0.1) is 17.4 Å². The molecule has 7 nitrogen and oxygen atoms in total. The Bertz CT molecular complexity index is 1190. The van der Waals surface area contributed by atoms with Crippen LogP contribution in [0, 0.1) is 6.92 Å². The maximum atomic E-state index is 13.0. The smallest absolute Gasteiger partial charge is 0.342 e. The molecule has 13 heteroatoms. The number of alkyl halides is 6. The van der Waals surface area contributed by atoms with Gasteiger partial charge in [-0.3, -0.25) is 19.1 Å². The SMILES string of the molecule is Cc1cnc(C(F)(F)F)cc1-c1cc2n(n1)CC[C@H]2NC(=O)c1cc(C(F)(F)F)nn1C. The number of carbonyl (C=O) groups excluding carboxylic acids is 1. The quantitative estimate of drug-likeness (QED) is 0.604. The van der Waals surface area contributed by atoms with Crippen LogP contribution in [0.1, 0.15) is 45.6 Å². The highest BCUT2D eigenvalue weighted by atomic mass is 19.4. The Morgan fingerprint density at radius 2 is 1.75 bits per heavy atom. The molecule has 0 fully saturated rings. The molecule has 32 heavy (non-hydrogen) atoms. The summed E-state index contributed by atoms with van der Waals surface area (Å²) >= 11 is 0. The lowest BCUT2D eigenvalue weighted by molar-refractivity contribution is -0.142. The van der Waals surface area contributed by atoms with Crippen molar-refractivity contribution in [2.24, 2.45) is 7.05 Å². The van der Waals surface area contributed by atoms with Gasteiger partial charge in [-0.1, -0.05) is 0 Å². The second-order valence-electron chi connectivity index (χ2n) is 7.41. The molecule has 0 saturated carbocycles. The molecule has 0 aromatic carbocycles. The summed E-state index contributed by atoms with van der Waals surface area (Å²) in [6, 6.07) is 2.56. The fraction of sp³-hybridized carbons (Fsp3) is 0.368. The number of aromatic nitrogens is 5. The van der Waals surface area contributed by atoms with Gasteiger partial charge >= 0.3 is 12.4 Å². The zero-order chi connectivity index (χ0) is 23.4. The van der Waals surface area contributed by atoms with Crippen molar-refractivity contribution < 1.29 is 31.1 Å². The summed E-state index contributed by atoms with van der Waals surface area (Å²) in [7, 11) is 1.23. The van der Waals surface area contributed by atoms with Crippen molar-refractivity contribution in [1.82, 2.24) is 29.9 Å². The van der Waals surface area contributed by atoms with Crippen LogP contribution >= 0.6 is 0 Å². The summed E-state index contributed by atoms with van der Waals surface area (Å²) in [5.41, 5.74) is -0.938. The van der Waals surface area contributed by atoms with Gasteiger partial charge in [-0.15, -0.1) is 0 Å². The minimum Gasteiger partial charge on any atom is -0.342 e. The van der Waals surface area contributed by atoms with Crippen LogP contribution in [0.15, 0.2) is 24.4 Å². The molecule has 4 rings (SSSR count). The molecule has 170 valence electrons. The van der Waals surface area contributed by atoms with E-state index in [1.165, 1.54) is 7.05 Å². The number of fused-ring (bicyclic) bond motifs is 1. The Balaban J connectivity index is 1.59. The number of rotatable bonds is 3. The van der Waals surface area contributed by atoms with Gasteiger partial charge in [-0.25, -0.2) is 0 Å². The lowest BCUT2D eigenvalue weighted by Crippen LogP contribution is -2.28. The largest absolute Gasteiger partial charge is 0.435 e. The fourth-order valence-corrected chi connectivity index (χ4v) is 3.57. The molecule has 0 unspecified atom stereocenters. The van der Waals surface area contributed by atoms with Crippen LogP contribution in [0.25, 0.3) is 11.3 Å². The van der Waals surface area contributed by atoms with E-state index < -0.39 is 35.7 Å². The predicted molar refractivity (Wildman–Crippen MR) is 98.2 cm³/mol. The van der Waals surface area contributed by atoms with E-state index in [4.69, 9.17) is 0 Å². The number of halogens is 6. The molecule has 0 aliphatic carbocycles. The van der Waals surface area contributed by atoms with Crippen LogP contribution in [0.3, 0.4) is 0 Å². The molecule has 3 aromatic rings. The van der Waals surface area contributed by atoms with E-state index >= 15 is 0 Å². The fourth-order valence-electron chi connectivity index (χ4n) is 3.57. The molecular formula is C19H16F6N6O. The highest BCUT2D eigenvalue weighted by Crippen LogP contribution is 2.35. The maximum Gasteiger partial charge on any atom is 0.435 e. The summed E-state index contributed by atoms with van der Waals surface area (Å²) in [5, 5.41) is 10.3. The highest BCUT2D eigenvalue weighted by molar-refractivity contribution is 5.93. The second kappa shape index (κ2) is 7.35. The Kier molecular flexibility index (Phi) is 5.01. The van der Waals surface area contributed by atoms with E-state index in [1.807, 2.05) is 0 Å². The van der Waals surface area contributed by atoms with Gasteiger partial charge in [0.2, 0.25) is 0 Å². The van der Waals surface area contributed by atoms with Crippen molar-refractivity contribution in [3.05, 3.63) is 52.7 Å². The van der Waals surface area contributed by atoms with Crippen molar-refractivity contribution in [2.45, 2.75) is 38.3 Å². The Morgan fingerprint density at radius 1 is 1.06 bits per heavy atom. The standard InChI is InChI=1S/C19H16F6N6O/c1-9-8-26-15(18(20,21)22)5-10(9)12-6-13-11(3-4-31(13)28-12)27-17(32)14-7-16(19(23,24)25)29-30(14)2/h5-8,11H,3-4H2,1-2H3,(H,27,32)/t11-/m1/s1. The van der Waals surface area contributed by atoms with E-state index in [2.05, 4.69) is 20.5 Å². The molecular weight excluding hydrogens is 442 g/mol. The van der Waals surface area contributed by atoms with Crippen molar-refractivity contribution in [2.75, 3.05) is 0 Å². The summed E-state index contributed by atoms with van der Waals surface area (Å²) in [5.74, 6) is -0.754. The van der Waals surface area contributed by atoms with Crippen LogP contribution < -0.4 is 5.32 Å². The highest BCUT2D eigenvalue weighted by Gasteiger charge is 2.36. The van der Waals surface area contributed by atoms with Crippen molar-refractivity contribution in [1.29, 1.82) is 0 Å². The van der Waals surface area contributed by atoms with Crippen LogP contribution in [-0.2, 0) is 25.9 Å². The zero-order valence-corrected chi connectivity index (χ0v) is 16.7. The van der Waals surface area contributed by atoms with Gasteiger partial charge in [-0.05, 0) is 31.0 Å². The third-order valence-corrected chi connectivity index (χ3v) is 5.18. The third kappa shape index (κ3) is 3.94. The number of aryl methyl sites for hydroxylation is 3. The van der Waals surface area contributed by atoms with E-state index in [1.54, 1.807) is 17.7 Å². The molecule has 1 aliphatic rings. The minimum atomic E-state index is -4.69. The first kappa shape index (κ1) is 21.8. The lowest BCUT2D eigenvalue weighted by Gasteiger charge is -2.12. The van der Waals surface area contributed by atoms with Crippen LogP contribution in [0.2, 0.25) is 0 Å². The van der Waals surface area contributed by atoms with E-state index in [0.29, 0.717) is 30.3 Å². The molecule has 3 aromatic heterocycles. The first-order valence-corrected chi connectivity index (χ1v) is 9.38. The van der Waals surface area contributed by atoms with Crippen molar-refractivity contribution >= 4 is 5.91 Å². The van der Waals surface area contributed by atoms with Crippen molar-refractivity contribution in [3.8, 4) is 11.3 Å². The van der Waals surface area contributed by atoms with Crippen LogP contribution in [-0.4, -0.2) is 30.5 Å². The van der Waals surface area contributed by atoms with Gasteiger partial charge in [-0.2, -0.15) is 36.5 Å². The average Bonchev–Trinajstić information content (AvgIpc) is 3.36. The Labute approximate surface area is 177 Å². The topological polar surface area (TPSA) is 77.6 Å². The molecule has 0 radical (unpaired) electrons. The first-order valence-electron chi connectivity index (χ1n) is 9.38. The minimum absolute atomic E-state index is 0.251. The summed E-state index contributed by atoms with van der Waals surface area (Å²) in [6.45, 7) is 1.99. The average molecular weight is 458 g/mol. The third-order valence-electron chi connectivity index (χ3n) is 5.18. The number of nitrogens with one attached hydrogen (secondary N) is 1. The van der Waals surface area contributed by atoms with Gasteiger partial charge in [0.1, 0.15) is 11.4 Å². The monoisotopic (exact) mass is 458 g/mol. The van der Waals surface area contributed by atoms with Gasteiger partial charge in [0, 0.05) is 31.4 Å². The Morgan fingerprint density at radius 3 is 2.38 bits per heavy atom. The van der Waals surface area contributed by atoms with E-state index in [9.17, 15) is 31.1 Å². The normalized spacial score (nSPS) is 16.3. The van der Waals surface area contributed by atoms with Gasteiger partial charge in [0.25, 0.3) is 5.91 Å². The number of amides is 1. The summed E-state index contributed by atoms with van der Waals surface area (Å²) < 4.78 is 80.1. The number of pyridine rings is 1. The molecule has 1 aliphatic heterocycles. The summed E-state index contributed by atoms with van der Waals surface area (Å²) in [6.07, 6.45) is -7.75. The maximum absolute atomic E-state index is 13.0. The first-order chi connectivity index (χ1) is 14.8. The molecule has 4 heterocycles. The van der Waals surface area contributed by atoms with E-state index in [-0.39, 0.29) is 17.0 Å². The van der Waals surface area contributed by atoms with Crippen LogP contribution in [0.4, 0.5) is 26.3 Å². The molecule has 0 bridgehead atoms. The van der Waals surface area contributed by atoms with Gasteiger partial charge in [0.15, 0.2) is 5.69 Å². The number of nitrogens with zero attached hydrogens (tertiary/aromatic N) is 5. The van der Waals surface area contributed by atoms with Crippen LogP contribution in [0.5, 0.6) is 0 Å². The van der Waals surface area contributed by atoms with E-state index in [0.717, 1.165) is 16.9 Å². The number of carbonyl (C=O) groups is 1. The second-order valence-corrected chi connectivity index (χ2v) is 7.41. The Hall–Kier alpha value is -3.38. The summed E-state index contributed by atoms with van der Waals surface area (Å²) in [4.78, 5) is 16.0. The zero-order valence-electron chi connectivity index (χ0n) is 16.7. The number of hydrogen-bond donors (Lipinski definition) is 1. The number of hydrogen-bond acceptors (Lipinski definition) is 4. The molecule has 1 atom stereocenters. The lowest BCUT2D eigenvalue weighted by atomic mass is 10.1. The molecule has 0 spiro atoms. The molecule has 0 saturated heterocycles.